The van der Waals surface area contributed by atoms with Gasteiger partial charge in [0.05, 0.1) is 17.3 Å². The van der Waals surface area contributed by atoms with Gasteiger partial charge in [-0.05, 0) is 38.0 Å². The fourth-order valence-corrected chi connectivity index (χ4v) is 5.63. The lowest BCUT2D eigenvalue weighted by Crippen LogP contribution is -2.38. The molecule has 1 fully saturated rings. The summed E-state index contributed by atoms with van der Waals surface area (Å²) in [5, 5.41) is 5.61. The van der Waals surface area contributed by atoms with Gasteiger partial charge in [-0.1, -0.05) is 29.8 Å². The second-order valence-electron chi connectivity index (χ2n) is 8.18. The zero-order valence-electron chi connectivity index (χ0n) is 18.9. The number of pyridine rings is 1. The van der Waals surface area contributed by atoms with Gasteiger partial charge >= 0.3 is 0 Å². The molecule has 0 amide bonds. The number of nitrogen functional groups attached to an aromatic ring is 1. The van der Waals surface area contributed by atoms with Crippen LogP contribution in [0.25, 0.3) is 11.1 Å². The third-order valence-electron chi connectivity index (χ3n) is 5.97. The van der Waals surface area contributed by atoms with Gasteiger partial charge in [0.1, 0.15) is 11.9 Å². The van der Waals surface area contributed by atoms with Crippen molar-refractivity contribution in [1.29, 1.82) is 0 Å². The molecule has 1 aromatic carbocycles. The Balaban J connectivity index is 1.51. The van der Waals surface area contributed by atoms with Crippen molar-refractivity contribution in [2.75, 3.05) is 18.8 Å². The van der Waals surface area contributed by atoms with Gasteiger partial charge in [0, 0.05) is 52.6 Å². The number of benzene rings is 1. The summed E-state index contributed by atoms with van der Waals surface area (Å²) in [5.74, 6) is -0.142. The zero-order valence-corrected chi connectivity index (χ0v) is 21.2. The van der Waals surface area contributed by atoms with Crippen molar-refractivity contribution < 1.29 is 17.5 Å². The van der Waals surface area contributed by atoms with Crippen LogP contribution in [-0.2, 0) is 10.0 Å². The third-order valence-corrected chi connectivity index (χ3v) is 8.19. The molecule has 3 heterocycles. The fraction of sp³-hybridized carbons (Fsp3) is 0.304. The smallest absolute Gasteiger partial charge is 0.235 e. The van der Waals surface area contributed by atoms with E-state index in [2.05, 4.69) is 16.7 Å². The lowest BCUT2D eigenvalue weighted by atomic mass is 10.1. The van der Waals surface area contributed by atoms with Crippen molar-refractivity contribution in [3.8, 4) is 16.9 Å². The number of rotatable bonds is 7. The summed E-state index contributed by atoms with van der Waals surface area (Å²) in [4.78, 5) is 4.23. The van der Waals surface area contributed by atoms with E-state index < -0.39 is 21.9 Å². The minimum absolute atomic E-state index is 0.0646. The molecule has 1 aliphatic heterocycles. The van der Waals surface area contributed by atoms with Crippen LogP contribution in [0.1, 0.15) is 37.5 Å². The van der Waals surface area contributed by atoms with E-state index in [9.17, 15) is 12.8 Å². The number of nitrogens with zero attached hydrogens (tertiary/aromatic N) is 4. The van der Waals surface area contributed by atoms with Gasteiger partial charge in [-0.3, -0.25) is 4.68 Å². The molecule has 186 valence electrons. The predicted octanol–water partition coefficient (Wildman–Crippen LogP) is 5.22. The van der Waals surface area contributed by atoms with Gasteiger partial charge in [0.15, 0.2) is 11.6 Å². The molecule has 1 saturated heterocycles. The van der Waals surface area contributed by atoms with Gasteiger partial charge in [-0.25, -0.2) is 17.8 Å². The highest BCUT2D eigenvalue weighted by molar-refractivity contribution is 7.92. The number of nitrogens with two attached hydrogens (primary N) is 1. The Bertz CT molecular complexity index is 1360. The van der Waals surface area contributed by atoms with Gasteiger partial charge in [0.2, 0.25) is 10.0 Å². The third kappa shape index (κ3) is 5.30. The van der Waals surface area contributed by atoms with Crippen LogP contribution in [0, 0.1) is 5.82 Å². The molecule has 1 aliphatic rings. The lowest BCUT2D eigenvalue weighted by Gasteiger charge is -2.30. The van der Waals surface area contributed by atoms with Crippen molar-refractivity contribution in [3.63, 3.8) is 0 Å². The van der Waals surface area contributed by atoms with Crippen molar-refractivity contribution in [2.45, 2.75) is 31.9 Å². The molecule has 3 aromatic rings. The van der Waals surface area contributed by atoms with E-state index in [-0.39, 0.29) is 21.9 Å². The average molecular weight is 540 g/mol. The Hall–Kier alpha value is -2.66. The lowest BCUT2D eigenvalue weighted by molar-refractivity contribution is 0.227. The number of hydrogen-bond acceptors (Lipinski definition) is 6. The van der Waals surface area contributed by atoms with Crippen LogP contribution in [0.5, 0.6) is 5.75 Å². The fourth-order valence-electron chi connectivity index (χ4n) is 4.03. The SMILES string of the molecule is C=CS(=O)(=O)N1CCC(n2cc(-c3cnc(N)c(OC(C)c4c(Cl)ccc(F)c4Cl)c3)cn2)CC1. The van der Waals surface area contributed by atoms with Crippen LogP contribution in [0.3, 0.4) is 0 Å². The molecular weight excluding hydrogens is 516 g/mol. The van der Waals surface area contributed by atoms with E-state index in [0.717, 1.165) is 16.5 Å². The Labute approximate surface area is 213 Å². The summed E-state index contributed by atoms with van der Waals surface area (Å²) in [6, 6.07) is 4.40. The van der Waals surface area contributed by atoms with E-state index >= 15 is 0 Å². The summed E-state index contributed by atoms with van der Waals surface area (Å²) < 4.78 is 47.1. The molecule has 1 atom stereocenters. The quantitative estimate of drug-likeness (QED) is 0.412. The Morgan fingerprint density at radius 2 is 1.97 bits per heavy atom. The standard InChI is InChI=1S/C23H24Cl2FN5O3S/c1-3-35(32,33)30-8-6-17(7-9-30)31-13-16(12-29-31)15-10-20(23(27)28-11-15)34-14(2)21-18(24)4-5-19(26)22(21)25/h3-5,10-14,17H,1,6-9H2,2H3,(H2,27,28). The van der Waals surface area contributed by atoms with Crippen LogP contribution in [0.2, 0.25) is 10.0 Å². The highest BCUT2D eigenvalue weighted by Gasteiger charge is 2.27. The van der Waals surface area contributed by atoms with Crippen molar-refractivity contribution >= 4 is 39.0 Å². The Kier molecular flexibility index (Phi) is 7.37. The molecule has 0 bridgehead atoms. The van der Waals surface area contributed by atoms with E-state index in [1.165, 1.54) is 16.4 Å². The highest BCUT2D eigenvalue weighted by Crippen LogP contribution is 2.37. The number of piperidine rings is 1. The van der Waals surface area contributed by atoms with Gasteiger partial charge in [-0.15, -0.1) is 0 Å². The largest absolute Gasteiger partial charge is 0.482 e. The van der Waals surface area contributed by atoms with Crippen molar-refractivity contribution in [2.24, 2.45) is 0 Å². The van der Waals surface area contributed by atoms with Crippen LogP contribution in [0.4, 0.5) is 10.2 Å². The van der Waals surface area contributed by atoms with E-state index in [1.807, 2.05) is 10.9 Å². The number of sulfonamides is 1. The first-order valence-electron chi connectivity index (χ1n) is 10.8. The van der Waals surface area contributed by atoms with E-state index in [1.54, 1.807) is 25.4 Å². The summed E-state index contributed by atoms with van der Waals surface area (Å²) in [6.07, 6.45) is 5.77. The first kappa shape index (κ1) is 25.4. The number of ether oxygens (including phenoxy) is 1. The monoisotopic (exact) mass is 539 g/mol. The molecule has 4 rings (SSSR count). The van der Waals surface area contributed by atoms with Crippen molar-refractivity contribution in [3.05, 3.63) is 70.2 Å². The maximum atomic E-state index is 13.9. The number of halogens is 3. The average Bonchev–Trinajstić information content (AvgIpc) is 3.33. The Morgan fingerprint density at radius 3 is 2.66 bits per heavy atom. The Morgan fingerprint density at radius 1 is 1.26 bits per heavy atom. The molecule has 2 aromatic heterocycles. The second-order valence-corrected chi connectivity index (χ2v) is 10.8. The topological polar surface area (TPSA) is 103 Å². The first-order valence-corrected chi connectivity index (χ1v) is 13.1. The summed E-state index contributed by atoms with van der Waals surface area (Å²) >= 11 is 12.3. The molecule has 0 spiro atoms. The summed E-state index contributed by atoms with van der Waals surface area (Å²) in [7, 11) is -3.42. The first-order chi connectivity index (χ1) is 16.6. The second kappa shape index (κ2) is 10.1. The predicted molar refractivity (Wildman–Crippen MR) is 134 cm³/mol. The summed E-state index contributed by atoms with van der Waals surface area (Å²) in [5.41, 5.74) is 7.85. The molecule has 0 aliphatic carbocycles. The minimum Gasteiger partial charge on any atom is -0.482 e. The number of aromatic nitrogens is 3. The number of hydrogen-bond donors (Lipinski definition) is 1. The maximum absolute atomic E-state index is 13.9. The van der Waals surface area contributed by atoms with Crippen LogP contribution < -0.4 is 10.5 Å². The molecular formula is C23H24Cl2FN5O3S. The van der Waals surface area contributed by atoms with Gasteiger partial charge in [0.25, 0.3) is 0 Å². The van der Waals surface area contributed by atoms with Crippen LogP contribution in [0.15, 0.2) is 48.8 Å². The van der Waals surface area contributed by atoms with Crippen LogP contribution in [-0.4, -0.2) is 40.6 Å². The number of anilines is 1. The molecule has 12 heteroatoms. The minimum atomic E-state index is -3.42. The molecule has 0 saturated carbocycles. The van der Waals surface area contributed by atoms with Crippen molar-refractivity contribution in [1.82, 2.24) is 19.1 Å². The van der Waals surface area contributed by atoms with E-state index in [4.69, 9.17) is 33.7 Å². The zero-order chi connectivity index (χ0) is 25.3. The maximum Gasteiger partial charge on any atom is 0.235 e. The molecule has 2 N–H and O–H groups in total. The molecule has 0 radical (unpaired) electrons. The van der Waals surface area contributed by atoms with Crippen LogP contribution >= 0.6 is 23.2 Å². The molecule has 8 nitrogen and oxygen atoms in total. The summed E-state index contributed by atoms with van der Waals surface area (Å²) in [6.45, 7) is 5.87. The van der Waals surface area contributed by atoms with Gasteiger partial charge < -0.3 is 10.5 Å². The normalized spacial score (nSPS) is 16.2. The van der Waals surface area contributed by atoms with E-state index in [0.29, 0.717) is 37.2 Å². The molecule has 1 unspecified atom stereocenters. The molecule has 35 heavy (non-hydrogen) atoms. The van der Waals surface area contributed by atoms with Gasteiger partial charge in [-0.2, -0.15) is 9.40 Å². The highest BCUT2D eigenvalue weighted by atomic mass is 35.5.